The molecule has 0 bridgehead atoms. The van der Waals surface area contributed by atoms with Crippen LogP contribution < -0.4 is 10.2 Å². The highest BCUT2D eigenvalue weighted by Gasteiger charge is 2.28. The Labute approximate surface area is 173 Å². The summed E-state index contributed by atoms with van der Waals surface area (Å²) >= 11 is 0. The third-order valence-corrected chi connectivity index (χ3v) is 5.29. The van der Waals surface area contributed by atoms with Gasteiger partial charge >= 0.3 is 0 Å². The van der Waals surface area contributed by atoms with Gasteiger partial charge in [0.05, 0.1) is 12.5 Å². The van der Waals surface area contributed by atoms with Gasteiger partial charge in [0, 0.05) is 37.1 Å². The molecular weight excluding hydrogens is 362 g/mol. The van der Waals surface area contributed by atoms with Crippen LogP contribution in [-0.4, -0.2) is 29.3 Å². The van der Waals surface area contributed by atoms with Gasteiger partial charge in [-0.2, -0.15) is 0 Å². The summed E-state index contributed by atoms with van der Waals surface area (Å²) in [5, 5.41) is 2.97. The van der Waals surface area contributed by atoms with Crippen molar-refractivity contribution in [2.24, 2.45) is 0 Å². The molecule has 5 heteroatoms. The first-order valence-electron chi connectivity index (χ1n) is 10.1. The van der Waals surface area contributed by atoms with E-state index in [0.717, 1.165) is 29.0 Å². The van der Waals surface area contributed by atoms with Gasteiger partial charge in [-0.25, -0.2) is 0 Å². The third kappa shape index (κ3) is 4.67. The van der Waals surface area contributed by atoms with Gasteiger partial charge in [0.1, 0.15) is 0 Å². The van der Waals surface area contributed by atoms with Crippen LogP contribution in [0.5, 0.6) is 0 Å². The lowest BCUT2D eigenvalue weighted by atomic mass is 9.93. The summed E-state index contributed by atoms with van der Waals surface area (Å²) in [7, 11) is 0. The van der Waals surface area contributed by atoms with Crippen molar-refractivity contribution in [2.75, 3.05) is 16.8 Å². The lowest BCUT2D eigenvalue weighted by Crippen LogP contribution is -2.33. The normalized spacial score (nSPS) is 15.2. The number of rotatable bonds is 6. The monoisotopic (exact) mass is 391 g/mol. The van der Waals surface area contributed by atoms with E-state index < -0.39 is 0 Å². The van der Waals surface area contributed by atoms with E-state index in [2.05, 4.69) is 31.0 Å². The molecule has 0 spiro atoms. The van der Waals surface area contributed by atoms with Crippen LogP contribution in [0.4, 0.5) is 11.4 Å². The van der Waals surface area contributed by atoms with Crippen molar-refractivity contribution in [1.29, 1.82) is 0 Å². The summed E-state index contributed by atoms with van der Waals surface area (Å²) in [5.74, 6) is -0.193. The van der Waals surface area contributed by atoms with Crippen molar-refractivity contribution in [3.05, 3.63) is 65.9 Å². The average molecular weight is 392 g/mol. The van der Waals surface area contributed by atoms with Gasteiger partial charge < -0.3 is 15.1 Å². The van der Waals surface area contributed by atoms with Crippen LogP contribution >= 0.6 is 0 Å². The smallest absolute Gasteiger partial charge is 0.226 e. The summed E-state index contributed by atoms with van der Waals surface area (Å²) in [5.41, 5.74) is 3.92. The number of amides is 2. The molecule has 0 saturated heterocycles. The molecule has 0 saturated carbocycles. The largest absolute Gasteiger partial charge is 0.369 e. The lowest BCUT2D eigenvalue weighted by Gasteiger charge is -2.32. The minimum Gasteiger partial charge on any atom is -0.369 e. The summed E-state index contributed by atoms with van der Waals surface area (Å²) in [6, 6.07) is 15.9. The Hall–Kier alpha value is -3.08. The van der Waals surface area contributed by atoms with E-state index in [1.807, 2.05) is 54.6 Å². The van der Waals surface area contributed by atoms with Crippen LogP contribution in [0.2, 0.25) is 0 Å². The van der Waals surface area contributed by atoms with Crippen LogP contribution in [0.3, 0.4) is 0 Å². The number of carbonyl (C=O) groups excluding carboxylic acids is 2. The first-order chi connectivity index (χ1) is 13.9. The van der Waals surface area contributed by atoms with Crippen LogP contribution in [0.25, 0.3) is 6.08 Å². The van der Waals surface area contributed by atoms with Crippen molar-refractivity contribution in [3.63, 3.8) is 0 Å². The number of anilines is 2. The molecule has 2 aromatic rings. The van der Waals surface area contributed by atoms with E-state index in [4.69, 9.17) is 0 Å². The predicted molar refractivity (Wildman–Crippen MR) is 119 cm³/mol. The van der Waals surface area contributed by atoms with Gasteiger partial charge in [-0.15, -0.1) is 0 Å². The number of hydrogen-bond acceptors (Lipinski definition) is 3. The van der Waals surface area contributed by atoms with Gasteiger partial charge in [0.2, 0.25) is 11.8 Å². The molecule has 152 valence electrons. The van der Waals surface area contributed by atoms with E-state index >= 15 is 0 Å². The van der Waals surface area contributed by atoms with E-state index in [0.29, 0.717) is 6.04 Å². The van der Waals surface area contributed by atoms with Gasteiger partial charge in [0.15, 0.2) is 0 Å². The zero-order valence-corrected chi connectivity index (χ0v) is 17.6. The van der Waals surface area contributed by atoms with Crippen molar-refractivity contribution in [2.45, 2.75) is 46.2 Å². The summed E-state index contributed by atoms with van der Waals surface area (Å²) in [6.07, 6.45) is 3.89. The Kier molecular flexibility index (Phi) is 6.37. The first-order valence-corrected chi connectivity index (χ1v) is 10.1. The van der Waals surface area contributed by atoms with Crippen LogP contribution in [0.1, 0.15) is 51.3 Å². The zero-order chi connectivity index (χ0) is 21.0. The van der Waals surface area contributed by atoms with E-state index in [1.165, 1.54) is 6.92 Å². The second kappa shape index (κ2) is 8.95. The summed E-state index contributed by atoms with van der Waals surface area (Å²) in [4.78, 5) is 28.8. The van der Waals surface area contributed by atoms with Crippen molar-refractivity contribution < 1.29 is 9.59 Å². The molecule has 1 aliphatic heterocycles. The van der Waals surface area contributed by atoms with Gasteiger partial charge in [-0.05, 0) is 62.2 Å². The Balaban J connectivity index is 1.72. The predicted octanol–water partition coefficient (Wildman–Crippen LogP) is 4.82. The van der Waals surface area contributed by atoms with Gasteiger partial charge in [0.25, 0.3) is 0 Å². The van der Waals surface area contributed by atoms with Gasteiger partial charge in [-0.3, -0.25) is 9.59 Å². The molecule has 0 aromatic heterocycles. The van der Waals surface area contributed by atoms with Crippen molar-refractivity contribution >= 4 is 29.3 Å². The molecule has 1 atom stereocenters. The molecule has 0 aliphatic carbocycles. The standard InChI is InChI=1S/C24H29N3O2/c1-5-26(17(2)3)21-12-10-20(11-13-21)25-24(29)16-23-22-9-7-6-8-19(22)14-15-27(23)18(4)28/h6-15,17,23H,5,16H2,1-4H3,(H,25,29)/t23-/m1/s1. The van der Waals surface area contributed by atoms with Crippen LogP contribution in [0, 0.1) is 0 Å². The molecule has 5 nitrogen and oxygen atoms in total. The molecule has 1 aliphatic rings. The number of carbonyl (C=O) groups is 2. The Morgan fingerprint density at radius 2 is 1.79 bits per heavy atom. The fraction of sp³-hybridized carbons (Fsp3) is 0.333. The quantitative estimate of drug-likeness (QED) is 0.768. The maximum absolute atomic E-state index is 12.8. The third-order valence-electron chi connectivity index (χ3n) is 5.29. The molecule has 1 N–H and O–H groups in total. The van der Waals surface area contributed by atoms with Crippen molar-refractivity contribution in [1.82, 2.24) is 4.90 Å². The molecule has 0 radical (unpaired) electrons. The number of nitrogens with one attached hydrogen (secondary N) is 1. The number of fused-ring (bicyclic) bond motifs is 1. The minimum atomic E-state index is -0.301. The molecule has 3 rings (SSSR count). The molecule has 2 aromatic carbocycles. The number of hydrogen-bond donors (Lipinski definition) is 1. The Morgan fingerprint density at radius 3 is 2.41 bits per heavy atom. The molecule has 1 heterocycles. The fourth-order valence-corrected chi connectivity index (χ4v) is 3.88. The highest BCUT2D eigenvalue weighted by atomic mass is 16.2. The number of nitrogens with zero attached hydrogens (tertiary/aromatic N) is 2. The number of benzene rings is 2. The zero-order valence-electron chi connectivity index (χ0n) is 17.6. The maximum atomic E-state index is 12.8. The topological polar surface area (TPSA) is 52.7 Å². The second-order valence-corrected chi connectivity index (χ2v) is 7.57. The average Bonchev–Trinajstić information content (AvgIpc) is 2.69. The van der Waals surface area contributed by atoms with E-state index in [9.17, 15) is 9.59 Å². The molecule has 29 heavy (non-hydrogen) atoms. The fourth-order valence-electron chi connectivity index (χ4n) is 3.88. The molecular formula is C24H29N3O2. The SMILES string of the molecule is CCN(c1ccc(NC(=O)C[C@@H]2c3ccccc3C=CN2C(C)=O)cc1)C(C)C. The van der Waals surface area contributed by atoms with Crippen LogP contribution in [-0.2, 0) is 9.59 Å². The Morgan fingerprint density at radius 1 is 1.10 bits per heavy atom. The van der Waals surface area contributed by atoms with E-state index in [1.54, 1.807) is 11.1 Å². The van der Waals surface area contributed by atoms with Gasteiger partial charge in [-0.1, -0.05) is 24.3 Å². The van der Waals surface area contributed by atoms with Crippen molar-refractivity contribution in [3.8, 4) is 0 Å². The second-order valence-electron chi connectivity index (χ2n) is 7.57. The highest BCUT2D eigenvalue weighted by Crippen LogP contribution is 2.33. The lowest BCUT2D eigenvalue weighted by molar-refractivity contribution is -0.129. The molecule has 0 fully saturated rings. The molecule has 0 unspecified atom stereocenters. The Bertz CT molecular complexity index is 903. The maximum Gasteiger partial charge on any atom is 0.226 e. The highest BCUT2D eigenvalue weighted by molar-refractivity contribution is 5.92. The van der Waals surface area contributed by atoms with Crippen LogP contribution in [0.15, 0.2) is 54.7 Å². The first kappa shape index (κ1) is 20.6. The summed E-state index contributed by atoms with van der Waals surface area (Å²) in [6.45, 7) is 8.91. The molecule has 2 amide bonds. The summed E-state index contributed by atoms with van der Waals surface area (Å²) < 4.78 is 0. The van der Waals surface area contributed by atoms with E-state index in [-0.39, 0.29) is 24.3 Å². The minimum absolute atomic E-state index is 0.0775.